The highest BCUT2D eigenvalue weighted by molar-refractivity contribution is 9.10. The molecule has 6 heteroatoms. The molecule has 0 spiro atoms. The molecule has 2 amide bonds. The number of piperidine rings is 1. The fraction of sp³-hybridized carbons (Fsp3) is 0.615. The van der Waals surface area contributed by atoms with E-state index in [4.69, 9.17) is 0 Å². The Morgan fingerprint density at radius 3 is 2.21 bits per heavy atom. The molecule has 104 valence electrons. The molecule has 2 rings (SSSR count). The SMILES string of the molecule is Cc1nn(C)c(CN2C(=O)CC(C)(C)CC2=O)c1Br. The standard InChI is InChI=1S/C13H18BrN3O2/c1-8-12(14)9(16(4)15-8)7-17-10(18)5-13(2,3)6-11(17)19/h5-7H2,1-4H3. The van der Waals surface area contributed by atoms with Gasteiger partial charge in [0.05, 0.1) is 22.4 Å². The van der Waals surface area contributed by atoms with Crippen LogP contribution in [0.3, 0.4) is 0 Å². The summed E-state index contributed by atoms with van der Waals surface area (Å²) in [5, 5.41) is 4.28. The first-order valence-electron chi connectivity index (χ1n) is 6.22. The van der Waals surface area contributed by atoms with Crippen LogP contribution in [0.25, 0.3) is 0 Å². The predicted octanol–water partition coefficient (Wildman–Crippen LogP) is 2.17. The lowest BCUT2D eigenvalue weighted by atomic mass is 9.82. The zero-order valence-corrected chi connectivity index (χ0v) is 13.2. The minimum absolute atomic E-state index is 0.105. The summed E-state index contributed by atoms with van der Waals surface area (Å²) in [5.41, 5.74) is 1.47. The van der Waals surface area contributed by atoms with Gasteiger partial charge in [0.1, 0.15) is 0 Å². The van der Waals surface area contributed by atoms with Crippen LogP contribution in [0.5, 0.6) is 0 Å². The van der Waals surface area contributed by atoms with Gasteiger partial charge in [-0.3, -0.25) is 19.2 Å². The molecular weight excluding hydrogens is 310 g/mol. The minimum Gasteiger partial charge on any atom is -0.276 e. The molecule has 1 aromatic heterocycles. The zero-order chi connectivity index (χ0) is 14.4. The van der Waals surface area contributed by atoms with Crippen molar-refractivity contribution in [3.8, 4) is 0 Å². The molecule has 0 N–H and O–H groups in total. The molecule has 0 saturated carbocycles. The number of rotatable bonds is 2. The summed E-state index contributed by atoms with van der Waals surface area (Å²) in [6.07, 6.45) is 0.820. The van der Waals surface area contributed by atoms with Gasteiger partial charge in [-0.25, -0.2) is 0 Å². The van der Waals surface area contributed by atoms with Crippen molar-refractivity contribution in [3.63, 3.8) is 0 Å². The summed E-state index contributed by atoms with van der Waals surface area (Å²) >= 11 is 3.46. The number of likely N-dealkylation sites (tertiary alicyclic amines) is 1. The molecule has 2 heterocycles. The van der Waals surface area contributed by atoms with E-state index in [0.717, 1.165) is 15.9 Å². The largest absolute Gasteiger partial charge is 0.276 e. The van der Waals surface area contributed by atoms with Gasteiger partial charge in [-0.15, -0.1) is 0 Å². The lowest BCUT2D eigenvalue weighted by molar-refractivity contribution is -0.153. The van der Waals surface area contributed by atoms with Crippen LogP contribution in [0, 0.1) is 12.3 Å². The van der Waals surface area contributed by atoms with Crippen LogP contribution in [-0.4, -0.2) is 26.5 Å². The number of amides is 2. The summed E-state index contributed by atoms with van der Waals surface area (Å²) in [5.74, 6) is -0.209. The van der Waals surface area contributed by atoms with E-state index < -0.39 is 0 Å². The Morgan fingerprint density at radius 2 is 1.79 bits per heavy atom. The van der Waals surface area contributed by atoms with Crippen molar-refractivity contribution >= 4 is 27.7 Å². The van der Waals surface area contributed by atoms with Gasteiger partial charge in [0, 0.05) is 19.9 Å². The Morgan fingerprint density at radius 1 is 1.26 bits per heavy atom. The van der Waals surface area contributed by atoms with E-state index in [1.807, 2.05) is 27.8 Å². The number of imide groups is 1. The second kappa shape index (κ2) is 4.74. The smallest absolute Gasteiger partial charge is 0.230 e. The molecule has 1 saturated heterocycles. The van der Waals surface area contributed by atoms with E-state index in [0.29, 0.717) is 12.8 Å². The lowest BCUT2D eigenvalue weighted by Crippen LogP contribution is -2.45. The quantitative estimate of drug-likeness (QED) is 0.782. The van der Waals surface area contributed by atoms with Crippen molar-refractivity contribution in [3.05, 3.63) is 15.9 Å². The van der Waals surface area contributed by atoms with Gasteiger partial charge >= 0.3 is 0 Å². The van der Waals surface area contributed by atoms with Crippen LogP contribution in [0.15, 0.2) is 4.47 Å². The Bertz CT molecular complexity index is 528. The minimum atomic E-state index is -0.232. The molecule has 19 heavy (non-hydrogen) atoms. The molecule has 0 bridgehead atoms. The van der Waals surface area contributed by atoms with E-state index >= 15 is 0 Å². The first-order valence-corrected chi connectivity index (χ1v) is 7.02. The molecular formula is C13H18BrN3O2. The number of hydrogen-bond donors (Lipinski definition) is 0. The number of aryl methyl sites for hydroxylation is 2. The van der Waals surface area contributed by atoms with Crippen molar-refractivity contribution in [1.29, 1.82) is 0 Å². The number of nitrogens with zero attached hydrogens (tertiary/aromatic N) is 3. The van der Waals surface area contributed by atoms with Gasteiger partial charge < -0.3 is 0 Å². The highest BCUT2D eigenvalue weighted by atomic mass is 79.9. The third kappa shape index (κ3) is 2.73. The summed E-state index contributed by atoms with van der Waals surface area (Å²) in [7, 11) is 1.82. The molecule has 5 nitrogen and oxygen atoms in total. The third-order valence-corrected chi connectivity index (χ3v) is 4.46. The predicted molar refractivity (Wildman–Crippen MR) is 74.2 cm³/mol. The summed E-state index contributed by atoms with van der Waals surface area (Å²) in [6, 6.07) is 0. The van der Waals surface area contributed by atoms with Crippen LogP contribution >= 0.6 is 15.9 Å². The molecule has 1 aliphatic rings. The molecule has 0 atom stereocenters. The number of carbonyl (C=O) groups is 2. The normalized spacial score (nSPS) is 19.1. The lowest BCUT2D eigenvalue weighted by Gasteiger charge is -2.34. The Hall–Kier alpha value is -1.17. The van der Waals surface area contributed by atoms with E-state index in [1.54, 1.807) is 4.68 Å². The molecule has 1 fully saturated rings. The van der Waals surface area contributed by atoms with Crippen LogP contribution in [0.4, 0.5) is 0 Å². The fourth-order valence-corrected chi connectivity index (χ4v) is 2.85. The second-order valence-corrected chi connectivity index (χ2v) is 6.65. The van der Waals surface area contributed by atoms with Gasteiger partial charge in [0.2, 0.25) is 11.8 Å². The second-order valence-electron chi connectivity index (χ2n) is 5.86. The van der Waals surface area contributed by atoms with Crippen LogP contribution in [0.1, 0.15) is 38.1 Å². The van der Waals surface area contributed by atoms with Crippen molar-refractivity contribution < 1.29 is 9.59 Å². The average molecular weight is 328 g/mol. The molecule has 0 aliphatic carbocycles. The highest BCUT2D eigenvalue weighted by Crippen LogP contribution is 2.33. The zero-order valence-electron chi connectivity index (χ0n) is 11.7. The van der Waals surface area contributed by atoms with Crippen molar-refractivity contribution in [2.45, 2.75) is 40.2 Å². The first-order chi connectivity index (χ1) is 8.71. The van der Waals surface area contributed by atoms with Crippen LogP contribution < -0.4 is 0 Å². The Kier molecular flexibility index (Phi) is 3.55. The summed E-state index contributed by atoms with van der Waals surface area (Å²) < 4.78 is 2.57. The third-order valence-electron chi connectivity index (χ3n) is 3.43. The van der Waals surface area contributed by atoms with E-state index in [-0.39, 0.29) is 23.8 Å². The van der Waals surface area contributed by atoms with E-state index in [9.17, 15) is 9.59 Å². The van der Waals surface area contributed by atoms with Crippen LogP contribution in [0.2, 0.25) is 0 Å². The number of aromatic nitrogens is 2. The highest BCUT2D eigenvalue weighted by Gasteiger charge is 2.37. The van der Waals surface area contributed by atoms with E-state index in [2.05, 4.69) is 21.0 Å². The van der Waals surface area contributed by atoms with E-state index in [1.165, 1.54) is 4.90 Å². The summed E-state index contributed by atoms with van der Waals surface area (Å²) in [6.45, 7) is 6.07. The number of halogens is 1. The maximum atomic E-state index is 12.1. The fourth-order valence-electron chi connectivity index (χ4n) is 2.39. The van der Waals surface area contributed by atoms with Gasteiger partial charge in [0.25, 0.3) is 0 Å². The number of hydrogen-bond acceptors (Lipinski definition) is 3. The summed E-state index contributed by atoms with van der Waals surface area (Å²) in [4.78, 5) is 25.6. The Labute approximate surface area is 121 Å². The Balaban J connectivity index is 2.24. The van der Waals surface area contributed by atoms with Gasteiger partial charge in [-0.1, -0.05) is 13.8 Å². The maximum absolute atomic E-state index is 12.1. The molecule has 1 aromatic rings. The van der Waals surface area contributed by atoms with Gasteiger partial charge in [-0.2, -0.15) is 5.10 Å². The number of carbonyl (C=O) groups excluding carboxylic acids is 2. The van der Waals surface area contributed by atoms with Crippen molar-refractivity contribution in [2.24, 2.45) is 12.5 Å². The topological polar surface area (TPSA) is 55.2 Å². The monoisotopic (exact) mass is 327 g/mol. The maximum Gasteiger partial charge on any atom is 0.230 e. The van der Waals surface area contributed by atoms with Gasteiger partial charge in [0.15, 0.2) is 0 Å². The van der Waals surface area contributed by atoms with Crippen LogP contribution in [-0.2, 0) is 23.2 Å². The molecule has 0 radical (unpaired) electrons. The molecule has 0 unspecified atom stereocenters. The van der Waals surface area contributed by atoms with Crippen molar-refractivity contribution in [2.75, 3.05) is 0 Å². The molecule has 1 aliphatic heterocycles. The first kappa shape index (κ1) is 14.2. The van der Waals surface area contributed by atoms with Gasteiger partial charge in [-0.05, 0) is 28.3 Å². The molecule has 0 aromatic carbocycles. The van der Waals surface area contributed by atoms with Crippen molar-refractivity contribution in [1.82, 2.24) is 14.7 Å². The average Bonchev–Trinajstić information content (AvgIpc) is 2.47.